The molecule has 1 aromatic heterocycles. The Morgan fingerprint density at radius 1 is 1.02 bits per heavy atom. The standard InChI is InChI=1S/C31H41N7O5S.ClH/c1-21(43-25-4-3-5-26(19-25)44(41,42)37-15-10-24(32)11-16-37)20-36-13-8-22(9-14-36)23-6-7-27-28(18-23)35(2)34-30(27)38-17-12-29(39)33-31(38)40;/h3-7,18-19,21-22,24H,8-17,20,32H2,1-2H3,(H,33,39,40);1H/t21-;/m0./s1. The van der Waals surface area contributed by atoms with Crippen molar-refractivity contribution in [1.82, 2.24) is 24.3 Å². The van der Waals surface area contributed by atoms with E-state index in [9.17, 15) is 18.0 Å². The number of nitrogens with zero attached hydrogens (tertiary/aromatic N) is 5. The number of carbonyl (C=O) groups is 2. The second-order valence-electron chi connectivity index (χ2n) is 12.2. The predicted molar refractivity (Wildman–Crippen MR) is 174 cm³/mol. The number of rotatable bonds is 8. The normalized spacial score (nSPS) is 20.2. The number of aryl methyl sites for hydroxylation is 1. The molecule has 0 spiro atoms. The van der Waals surface area contributed by atoms with Gasteiger partial charge in [0.1, 0.15) is 11.9 Å². The molecule has 0 bridgehead atoms. The van der Waals surface area contributed by atoms with Crippen LogP contribution in [-0.2, 0) is 21.9 Å². The van der Waals surface area contributed by atoms with Gasteiger partial charge in [-0.1, -0.05) is 12.1 Å². The van der Waals surface area contributed by atoms with Gasteiger partial charge in [0.05, 0.1) is 10.4 Å². The molecule has 0 radical (unpaired) electrons. The predicted octanol–water partition coefficient (Wildman–Crippen LogP) is 3.20. The molecule has 6 rings (SSSR count). The first-order chi connectivity index (χ1) is 21.1. The second-order valence-corrected chi connectivity index (χ2v) is 14.1. The van der Waals surface area contributed by atoms with E-state index in [-0.39, 0.29) is 41.8 Å². The van der Waals surface area contributed by atoms with Gasteiger partial charge in [-0.2, -0.15) is 9.40 Å². The van der Waals surface area contributed by atoms with Crippen molar-refractivity contribution >= 4 is 51.1 Å². The van der Waals surface area contributed by atoms with Crippen LogP contribution in [0.4, 0.5) is 10.6 Å². The lowest BCUT2D eigenvalue weighted by Crippen LogP contribution is -2.49. The van der Waals surface area contributed by atoms with E-state index < -0.39 is 16.1 Å². The number of imide groups is 1. The van der Waals surface area contributed by atoms with Crippen LogP contribution in [0, 0.1) is 0 Å². The summed E-state index contributed by atoms with van der Waals surface area (Å²) in [5.41, 5.74) is 8.17. The van der Waals surface area contributed by atoms with E-state index in [1.165, 1.54) is 14.8 Å². The number of carbonyl (C=O) groups excluding carboxylic acids is 2. The fourth-order valence-corrected chi connectivity index (χ4v) is 8.04. The average Bonchev–Trinajstić information content (AvgIpc) is 3.33. The van der Waals surface area contributed by atoms with E-state index >= 15 is 0 Å². The van der Waals surface area contributed by atoms with Crippen LogP contribution in [0.25, 0.3) is 10.9 Å². The summed E-state index contributed by atoms with van der Waals surface area (Å²) in [6.07, 6.45) is 3.51. The molecular weight excluding hydrogens is 618 g/mol. The molecule has 3 aliphatic rings. The molecule has 3 aromatic rings. The van der Waals surface area contributed by atoms with Gasteiger partial charge in [-0.15, -0.1) is 12.4 Å². The summed E-state index contributed by atoms with van der Waals surface area (Å²) in [5.74, 6) is 1.27. The SMILES string of the molecule is C[C@@H](CN1CCC(c2ccc3c(N4CCC(=O)NC4=O)nn(C)c3c2)CC1)Oc1cccc(S(=O)(=O)N2CCC(N)CC2)c1.Cl. The number of hydrogen-bond donors (Lipinski definition) is 2. The highest BCUT2D eigenvalue weighted by atomic mass is 35.5. The number of anilines is 1. The molecule has 4 heterocycles. The van der Waals surface area contributed by atoms with Gasteiger partial charge in [-0.3, -0.25) is 24.6 Å². The van der Waals surface area contributed by atoms with Crippen molar-refractivity contribution in [3.63, 3.8) is 0 Å². The van der Waals surface area contributed by atoms with E-state index in [2.05, 4.69) is 27.4 Å². The summed E-state index contributed by atoms with van der Waals surface area (Å²) >= 11 is 0. The fourth-order valence-electron chi connectivity index (χ4n) is 6.53. The van der Waals surface area contributed by atoms with E-state index in [0.29, 0.717) is 50.0 Å². The third kappa shape index (κ3) is 7.12. The maximum atomic E-state index is 13.2. The number of halogens is 1. The van der Waals surface area contributed by atoms with Crippen LogP contribution in [0.1, 0.15) is 50.5 Å². The van der Waals surface area contributed by atoms with Gasteiger partial charge < -0.3 is 10.5 Å². The van der Waals surface area contributed by atoms with E-state index in [1.807, 2.05) is 26.1 Å². The highest BCUT2D eigenvalue weighted by molar-refractivity contribution is 7.89. The molecule has 45 heavy (non-hydrogen) atoms. The molecule has 3 aliphatic heterocycles. The van der Waals surface area contributed by atoms with Crippen LogP contribution in [0.2, 0.25) is 0 Å². The lowest BCUT2D eigenvalue weighted by Gasteiger charge is -2.34. The number of fused-ring (bicyclic) bond motifs is 1. The Morgan fingerprint density at radius 2 is 1.76 bits per heavy atom. The zero-order valence-corrected chi connectivity index (χ0v) is 27.4. The zero-order valence-electron chi connectivity index (χ0n) is 25.7. The summed E-state index contributed by atoms with van der Waals surface area (Å²) in [6, 6.07) is 12.8. The molecule has 3 amide bonds. The zero-order chi connectivity index (χ0) is 31.0. The third-order valence-corrected chi connectivity index (χ3v) is 10.9. The Hall–Kier alpha value is -3.23. The van der Waals surface area contributed by atoms with Crippen LogP contribution in [0.15, 0.2) is 47.4 Å². The van der Waals surface area contributed by atoms with Gasteiger partial charge in [0.25, 0.3) is 0 Å². The Morgan fingerprint density at radius 3 is 2.47 bits per heavy atom. The molecule has 0 saturated carbocycles. The quantitative estimate of drug-likeness (QED) is 0.375. The van der Waals surface area contributed by atoms with Crippen molar-refractivity contribution in [2.24, 2.45) is 12.8 Å². The first kappa shape index (κ1) is 33.1. The number of nitrogens with two attached hydrogens (primary N) is 1. The van der Waals surface area contributed by atoms with Gasteiger partial charge in [-0.25, -0.2) is 13.2 Å². The van der Waals surface area contributed by atoms with Crippen LogP contribution in [-0.4, -0.2) is 90.8 Å². The Bertz CT molecular complexity index is 1650. The summed E-state index contributed by atoms with van der Waals surface area (Å²) in [5, 5.41) is 7.87. The van der Waals surface area contributed by atoms with Gasteiger partial charge in [0.15, 0.2) is 5.82 Å². The lowest BCUT2D eigenvalue weighted by atomic mass is 9.89. The summed E-state index contributed by atoms with van der Waals surface area (Å²) in [7, 11) is -1.70. The summed E-state index contributed by atoms with van der Waals surface area (Å²) in [4.78, 5) is 28.2. The average molecular weight is 660 g/mol. The molecular formula is C31H42ClN7O5S. The first-order valence-corrected chi connectivity index (χ1v) is 16.9. The monoisotopic (exact) mass is 659 g/mol. The minimum Gasteiger partial charge on any atom is -0.489 e. The Balaban J connectivity index is 0.00000400. The maximum absolute atomic E-state index is 13.2. The van der Waals surface area contributed by atoms with E-state index in [4.69, 9.17) is 10.5 Å². The summed E-state index contributed by atoms with van der Waals surface area (Å²) < 4.78 is 35.9. The topological polar surface area (TPSA) is 143 Å². The second kappa shape index (κ2) is 13.6. The van der Waals surface area contributed by atoms with Gasteiger partial charge in [-0.05, 0) is 81.4 Å². The van der Waals surface area contributed by atoms with Crippen LogP contribution in [0.5, 0.6) is 5.75 Å². The summed E-state index contributed by atoms with van der Waals surface area (Å²) in [6.45, 7) is 5.83. The molecule has 1 atom stereocenters. The molecule has 3 N–H and O–H groups in total. The van der Waals surface area contributed by atoms with E-state index in [0.717, 1.165) is 43.4 Å². The van der Waals surface area contributed by atoms with E-state index in [1.54, 1.807) is 22.9 Å². The highest BCUT2D eigenvalue weighted by Crippen LogP contribution is 2.34. The number of likely N-dealkylation sites (tertiary alicyclic amines) is 1. The van der Waals surface area contributed by atoms with Crippen LogP contribution in [0.3, 0.4) is 0 Å². The van der Waals surface area contributed by atoms with Crippen molar-refractivity contribution in [2.75, 3.05) is 44.2 Å². The smallest absolute Gasteiger partial charge is 0.329 e. The molecule has 0 aliphatic carbocycles. The van der Waals surface area contributed by atoms with Crippen LogP contribution < -0.4 is 20.7 Å². The minimum absolute atomic E-state index is 0. The number of ether oxygens (including phenoxy) is 1. The number of urea groups is 1. The van der Waals surface area contributed by atoms with Crippen LogP contribution >= 0.6 is 12.4 Å². The largest absolute Gasteiger partial charge is 0.489 e. The number of aromatic nitrogens is 2. The molecule has 12 nitrogen and oxygen atoms in total. The van der Waals surface area contributed by atoms with Gasteiger partial charge >= 0.3 is 6.03 Å². The number of nitrogens with one attached hydrogen (secondary N) is 1. The lowest BCUT2D eigenvalue weighted by molar-refractivity contribution is -0.120. The van der Waals surface area contributed by atoms with Crippen molar-refractivity contribution in [1.29, 1.82) is 0 Å². The number of amides is 3. The highest BCUT2D eigenvalue weighted by Gasteiger charge is 2.30. The number of sulfonamides is 1. The van der Waals surface area contributed by atoms with Crippen molar-refractivity contribution in [3.8, 4) is 5.75 Å². The fraction of sp³-hybridized carbons (Fsp3) is 0.516. The van der Waals surface area contributed by atoms with Gasteiger partial charge in [0.2, 0.25) is 15.9 Å². The minimum atomic E-state index is -3.58. The number of hydrogen-bond acceptors (Lipinski definition) is 8. The molecule has 0 unspecified atom stereocenters. The Labute approximate surface area is 270 Å². The van der Waals surface area contributed by atoms with Crippen molar-refractivity contribution < 1.29 is 22.7 Å². The third-order valence-electron chi connectivity index (χ3n) is 9.02. The molecule has 244 valence electrons. The van der Waals surface area contributed by atoms with Crippen molar-refractivity contribution in [3.05, 3.63) is 48.0 Å². The molecule has 3 fully saturated rings. The molecule has 3 saturated heterocycles. The molecule has 14 heteroatoms. The first-order valence-electron chi connectivity index (χ1n) is 15.4. The molecule has 2 aromatic carbocycles. The Kier molecular flexibility index (Phi) is 10.0. The van der Waals surface area contributed by atoms with Crippen molar-refractivity contribution in [2.45, 2.75) is 62.0 Å². The number of benzene rings is 2. The van der Waals surface area contributed by atoms with Gasteiger partial charge in [0, 0.05) is 57.1 Å². The number of piperidine rings is 2. The maximum Gasteiger partial charge on any atom is 0.329 e.